The quantitative estimate of drug-likeness (QED) is 0.370. The average Bonchev–Trinajstić information content (AvgIpc) is 2.48. The van der Waals surface area contributed by atoms with Crippen LogP contribution in [0.4, 0.5) is 0 Å². The van der Waals surface area contributed by atoms with Gasteiger partial charge in [0.2, 0.25) is 5.96 Å². The monoisotopic (exact) mass is 284 g/mol. The summed E-state index contributed by atoms with van der Waals surface area (Å²) in [6.45, 7) is 2.81. The minimum Gasteiger partial charge on any atom is -0.493 e. The van der Waals surface area contributed by atoms with Gasteiger partial charge in [-0.15, -0.1) is 5.10 Å². The Hall–Kier alpha value is -2.56. The number of guanidine groups is 1. The molecule has 2 aromatic rings. The van der Waals surface area contributed by atoms with Gasteiger partial charge in [-0.3, -0.25) is 0 Å². The lowest BCUT2D eigenvalue weighted by Gasteiger charge is -2.11. The smallest absolute Gasteiger partial charge is 0.211 e. The van der Waals surface area contributed by atoms with Gasteiger partial charge in [-0.25, -0.2) is 0 Å². The van der Waals surface area contributed by atoms with Crippen molar-refractivity contribution in [1.82, 2.24) is 0 Å². The van der Waals surface area contributed by atoms with E-state index in [0.717, 1.165) is 34.9 Å². The van der Waals surface area contributed by atoms with Crippen LogP contribution in [0, 0.1) is 0 Å². The number of fused-ring (bicyclic) bond motifs is 1. The van der Waals surface area contributed by atoms with E-state index in [-0.39, 0.29) is 5.96 Å². The zero-order valence-corrected chi connectivity index (χ0v) is 12.1. The molecule has 0 fully saturated rings. The van der Waals surface area contributed by atoms with Crippen LogP contribution in [0.2, 0.25) is 0 Å². The molecule has 0 aliphatic rings. The molecule has 2 rings (SSSR count). The minimum absolute atomic E-state index is 0.0695. The highest BCUT2D eigenvalue weighted by molar-refractivity contribution is 6.02. The molecule has 0 bridgehead atoms. The number of ether oxygens (including phenoxy) is 1. The Morgan fingerprint density at radius 1 is 1.19 bits per heavy atom. The number of hydrogen-bond donors (Lipinski definition) is 2. The van der Waals surface area contributed by atoms with Gasteiger partial charge in [0.15, 0.2) is 0 Å². The molecule has 0 unspecified atom stereocenters. The molecule has 0 aromatic heterocycles. The second kappa shape index (κ2) is 7.28. The lowest BCUT2D eigenvalue weighted by atomic mass is 10.0. The zero-order valence-electron chi connectivity index (χ0n) is 12.1. The van der Waals surface area contributed by atoms with Crippen molar-refractivity contribution in [1.29, 1.82) is 0 Å². The molecule has 0 aliphatic heterocycles. The maximum Gasteiger partial charge on any atom is 0.211 e. The molecule has 0 amide bonds. The molecule has 110 valence electrons. The van der Waals surface area contributed by atoms with Crippen LogP contribution in [-0.4, -0.2) is 18.8 Å². The molecule has 0 spiro atoms. The topological polar surface area (TPSA) is 86.0 Å². The van der Waals surface area contributed by atoms with Gasteiger partial charge in [0.1, 0.15) is 5.75 Å². The molecule has 2 aromatic carbocycles. The third-order valence-corrected chi connectivity index (χ3v) is 3.05. The summed E-state index contributed by atoms with van der Waals surface area (Å²) in [4.78, 5) is 0. The van der Waals surface area contributed by atoms with Crippen molar-refractivity contribution in [2.45, 2.75) is 19.8 Å². The highest BCUT2D eigenvalue weighted by atomic mass is 16.5. The molecule has 0 heterocycles. The average molecular weight is 284 g/mol. The Morgan fingerprint density at radius 3 is 2.76 bits per heavy atom. The highest BCUT2D eigenvalue weighted by Crippen LogP contribution is 2.27. The van der Waals surface area contributed by atoms with Crippen molar-refractivity contribution in [2.24, 2.45) is 21.7 Å². The van der Waals surface area contributed by atoms with Crippen molar-refractivity contribution in [2.75, 3.05) is 6.61 Å². The predicted molar refractivity (Wildman–Crippen MR) is 87.8 cm³/mol. The van der Waals surface area contributed by atoms with E-state index in [1.807, 2.05) is 36.4 Å². The van der Waals surface area contributed by atoms with E-state index >= 15 is 0 Å². The summed E-state index contributed by atoms with van der Waals surface area (Å²) in [5.41, 5.74) is 11.5. The van der Waals surface area contributed by atoms with Crippen molar-refractivity contribution in [3.05, 3.63) is 42.0 Å². The third kappa shape index (κ3) is 3.95. The number of nitrogens with two attached hydrogens (primary N) is 2. The molecule has 0 atom stereocenters. The summed E-state index contributed by atoms with van der Waals surface area (Å²) < 4.78 is 5.84. The number of benzene rings is 2. The summed E-state index contributed by atoms with van der Waals surface area (Å²) in [6.07, 6.45) is 3.73. The van der Waals surface area contributed by atoms with Gasteiger partial charge in [-0.2, -0.15) is 5.10 Å². The van der Waals surface area contributed by atoms with Crippen LogP contribution in [0.25, 0.3) is 10.8 Å². The Balaban J connectivity index is 2.41. The summed E-state index contributed by atoms with van der Waals surface area (Å²) in [7, 11) is 0. The fourth-order valence-corrected chi connectivity index (χ4v) is 2.01. The Kier molecular flexibility index (Phi) is 5.15. The van der Waals surface area contributed by atoms with E-state index in [1.165, 1.54) is 0 Å². The SMILES string of the molecule is CCCCOc1ccc2ccccc2c1/C=N/N=C(N)N. The molecule has 0 aliphatic carbocycles. The second-order valence-electron chi connectivity index (χ2n) is 4.67. The van der Waals surface area contributed by atoms with Crippen LogP contribution in [0.1, 0.15) is 25.3 Å². The zero-order chi connectivity index (χ0) is 15.1. The number of rotatable bonds is 6. The maximum atomic E-state index is 5.84. The maximum absolute atomic E-state index is 5.84. The van der Waals surface area contributed by atoms with Crippen LogP contribution in [0.3, 0.4) is 0 Å². The predicted octanol–water partition coefficient (Wildman–Crippen LogP) is 2.63. The normalized spacial score (nSPS) is 10.9. The van der Waals surface area contributed by atoms with Gasteiger partial charge >= 0.3 is 0 Å². The molecule has 0 saturated carbocycles. The molecule has 5 nitrogen and oxygen atoms in total. The lowest BCUT2D eigenvalue weighted by Crippen LogP contribution is -2.21. The molecule has 4 N–H and O–H groups in total. The molecule has 0 saturated heterocycles. The van der Waals surface area contributed by atoms with Crippen LogP contribution in [0.5, 0.6) is 5.75 Å². The summed E-state index contributed by atoms with van der Waals surface area (Å²) in [5.74, 6) is 0.719. The fourth-order valence-electron chi connectivity index (χ4n) is 2.01. The molecular weight excluding hydrogens is 264 g/mol. The first-order chi connectivity index (χ1) is 10.2. The molecule has 0 radical (unpaired) electrons. The summed E-state index contributed by atoms with van der Waals surface area (Å²) in [5, 5.41) is 9.74. The van der Waals surface area contributed by atoms with Crippen molar-refractivity contribution >= 4 is 22.9 Å². The largest absolute Gasteiger partial charge is 0.493 e. The van der Waals surface area contributed by atoms with Crippen molar-refractivity contribution in [3.8, 4) is 5.75 Å². The van der Waals surface area contributed by atoms with Gasteiger partial charge in [-0.1, -0.05) is 43.7 Å². The second-order valence-corrected chi connectivity index (χ2v) is 4.67. The van der Waals surface area contributed by atoms with E-state index in [2.05, 4.69) is 17.1 Å². The summed E-state index contributed by atoms with van der Waals surface area (Å²) in [6, 6.07) is 12.0. The van der Waals surface area contributed by atoms with E-state index in [9.17, 15) is 0 Å². The van der Waals surface area contributed by atoms with Crippen LogP contribution < -0.4 is 16.2 Å². The summed E-state index contributed by atoms with van der Waals surface area (Å²) >= 11 is 0. The molecule has 5 heteroatoms. The number of hydrogen-bond acceptors (Lipinski definition) is 3. The first-order valence-corrected chi connectivity index (χ1v) is 6.99. The third-order valence-electron chi connectivity index (χ3n) is 3.05. The van der Waals surface area contributed by atoms with E-state index in [0.29, 0.717) is 6.61 Å². The Bertz CT molecular complexity index is 660. The fraction of sp³-hybridized carbons (Fsp3) is 0.250. The highest BCUT2D eigenvalue weighted by Gasteiger charge is 2.06. The molecule has 21 heavy (non-hydrogen) atoms. The van der Waals surface area contributed by atoms with Crippen LogP contribution in [0.15, 0.2) is 46.6 Å². The lowest BCUT2D eigenvalue weighted by molar-refractivity contribution is 0.309. The van der Waals surface area contributed by atoms with E-state index < -0.39 is 0 Å². The first-order valence-electron chi connectivity index (χ1n) is 6.99. The number of nitrogens with zero attached hydrogens (tertiary/aromatic N) is 2. The van der Waals surface area contributed by atoms with Crippen LogP contribution in [-0.2, 0) is 0 Å². The van der Waals surface area contributed by atoms with Gasteiger partial charge in [0.25, 0.3) is 0 Å². The first kappa shape index (κ1) is 14.8. The van der Waals surface area contributed by atoms with E-state index in [1.54, 1.807) is 6.21 Å². The Morgan fingerprint density at radius 2 is 2.00 bits per heavy atom. The van der Waals surface area contributed by atoms with Crippen molar-refractivity contribution < 1.29 is 4.74 Å². The van der Waals surface area contributed by atoms with Crippen LogP contribution >= 0.6 is 0 Å². The van der Waals surface area contributed by atoms with Gasteiger partial charge in [-0.05, 0) is 23.3 Å². The molecular formula is C16H20N4O. The van der Waals surface area contributed by atoms with E-state index in [4.69, 9.17) is 16.2 Å². The Labute approximate surface area is 124 Å². The van der Waals surface area contributed by atoms with Gasteiger partial charge < -0.3 is 16.2 Å². The number of unbranched alkanes of at least 4 members (excludes halogenated alkanes) is 1. The van der Waals surface area contributed by atoms with Gasteiger partial charge in [0, 0.05) is 5.56 Å². The standard InChI is InChI=1S/C16H20N4O/c1-2-3-10-21-15-9-8-12-6-4-5-7-13(12)14(15)11-19-20-16(17)18/h4-9,11H,2-3,10H2,1H3,(H4,17,18,20)/b19-11+. The van der Waals surface area contributed by atoms with Crippen molar-refractivity contribution in [3.63, 3.8) is 0 Å². The minimum atomic E-state index is -0.0695. The van der Waals surface area contributed by atoms with Gasteiger partial charge in [0.05, 0.1) is 12.8 Å².